The van der Waals surface area contributed by atoms with Crippen molar-refractivity contribution in [3.63, 3.8) is 0 Å². The molecule has 4 rings (SSSR count). The van der Waals surface area contributed by atoms with E-state index in [1.807, 2.05) is 4.90 Å². The average Bonchev–Trinajstić information content (AvgIpc) is 3.38. The van der Waals surface area contributed by atoms with Crippen molar-refractivity contribution < 1.29 is 9.13 Å². The van der Waals surface area contributed by atoms with Gasteiger partial charge in [-0.25, -0.2) is 4.39 Å². The van der Waals surface area contributed by atoms with Crippen LogP contribution in [0.3, 0.4) is 0 Å². The van der Waals surface area contributed by atoms with Crippen molar-refractivity contribution in [1.29, 1.82) is 0 Å². The number of aromatic nitrogens is 2. The highest BCUT2D eigenvalue weighted by molar-refractivity contribution is 5.70. The molecule has 2 aromatic rings. The third-order valence-corrected chi connectivity index (χ3v) is 5.13. The standard InChI is InChI=1S/C20H18FN3O2/c1-5-8-23-14(4)20(6-7-20)26-18-9-15(21)16(10-17(18)23)24-19(25)13(3)12(2)11-22-24/h1,9-11H,4,6-8H2,2-3H3. The van der Waals surface area contributed by atoms with Crippen LogP contribution in [-0.4, -0.2) is 21.9 Å². The molecule has 0 N–H and O–H groups in total. The predicted molar refractivity (Wildman–Crippen MR) is 97.2 cm³/mol. The number of halogens is 1. The number of hydrogen-bond acceptors (Lipinski definition) is 4. The Morgan fingerprint density at radius 2 is 2.12 bits per heavy atom. The first kappa shape index (κ1) is 16.4. The third kappa shape index (κ3) is 2.24. The summed E-state index contributed by atoms with van der Waals surface area (Å²) in [6.45, 7) is 7.90. The van der Waals surface area contributed by atoms with Crippen LogP contribution in [0.1, 0.15) is 24.0 Å². The Bertz CT molecular complexity index is 1040. The second-order valence-corrected chi connectivity index (χ2v) is 6.77. The second-order valence-electron chi connectivity index (χ2n) is 6.77. The van der Waals surface area contributed by atoms with Crippen LogP contribution in [0.15, 0.2) is 35.4 Å². The fourth-order valence-corrected chi connectivity index (χ4v) is 3.22. The van der Waals surface area contributed by atoms with Crippen LogP contribution in [0.2, 0.25) is 0 Å². The van der Waals surface area contributed by atoms with E-state index in [0.29, 0.717) is 17.0 Å². The van der Waals surface area contributed by atoms with Crippen molar-refractivity contribution >= 4 is 5.69 Å². The zero-order chi connectivity index (χ0) is 18.6. The predicted octanol–water partition coefficient (Wildman–Crippen LogP) is 2.87. The number of rotatable bonds is 2. The zero-order valence-corrected chi connectivity index (χ0v) is 14.7. The minimum absolute atomic E-state index is 0.0574. The monoisotopic (exact) mass is 351 g/mol. The Balaban J connectivity index is 1.91. The van der Waals surface area contributed by atoms with Crippen LogP contribution in [0.4, 0.5) is 10.1 Å². The Hall–Kier alpha value is -3.07. The number of ether oxygens (including phenoxy) is 1. The zero-order valence-electron chi connectivity index (χ0n) is 14.7. The molecule has 5 nitrogen and oxygen atoms in total. The minimum atomic E-state index is -0.578. The van der Waals surface area contributed by atoms with Crippen LogP contribution in [-0.2, 0) is 0 Å². The Morgan fingerprint density at radius 1 is 1.38 bits per heavy atom. The van der Waals surface area contributed by atoms with Crippen LogP contribution in [0.25, 0.3) is 5.69 Å². The molecule has 1 saturated carbocycles. The van der Waals surface area contributed by atoms with Crippen molar-refractivity contribution in [2.75, 3.05) is 11.4 Å². The summed E-state index contributed by atoms with van der Waals surface area (Å²) in [5.41, 5.74) is 1.85. The van der Waals surface area contributed by atoms with E-state index in [-0.39, 0.29) is 17.8 Å². The summed E-state index contributed by atoms with van der Waals surface area (Å²) >= 11 is 0. The van der Waals surface area contributed by atoms with Crippen LogP contribution < -0.4 is 15.2 Å². The molecule has 1 aliphatic heterocycles. The quantitative estimate of drug-likeness (QED) is 0.781. The highest BCUT2D eigenvalue weighted by Crippen LogP contribution is 2.54. The van der Waals surface area contributed by atoms with E-state index in [2.05, 4.69) is 17.6 Å². The molecule has 0 saturated heterocycles. The molecule has 2 aliphatic rings. The van der Waals surface area contributed by atoms with Crippen molar-refractivity contribution in [2.45, 2.75) is 32.3 Å². The average molecular weight is 351 g/mol. The van der Waals surface area contributed by atoms with Gasteiger partial charge in [0.1, 0.15) is 17.0 Å². The van der Waals surface area contributed by atoms with Gasteiger partial charge >= 0.3 is 0 Å². The molecule has 1 spiro atoms. The van der Waals surface area contributed by atoms with Gasteiger partial charge in [-0.3, -0.25) is 4.79 Å². The minimum Gasteiger partial charge on any atom is -0.479 e. The summed E-state index contributed by atoms with van der Waals surface area (Å²) < 4.78 is 21.9. The number of benzene rings is 1. The van der Waals surface area contributed by atoms with Crippen molar-refractivity contribution in [3.05, 3.63) is 57.9 Å². The fourth-order valence-electron chi connectivity index (χ4n) is 3.22. The molecule has 6 heteroatoms. The molecule has 1 fully saturated rings. The van der Waals surface area contributed by atoms with Gasteiger partial charge in [-0.15, -0.1) is 6.42 Å². The lowest BCUT2D eigenvalue weighted by molar-refractivity contribution is 0.203. The molecule has 132 valence electrons. The highest BCUT2D eigenvalue weighted by atomic mass is 19.1. The molecular weight excluding hydrogens is 333 g/mol. The lowest BCUT2D eigenvalue weighted by atomic mass is 10.1. The maximum Gasteiger partial charge on any atom is 0.274 e. The van der Waals surface area contributed by atoms with Crippen LogP contribution >= 0.6 is 0 Å². The molecule has 0 radical (unpaired) electrons. The molecule has 0 unspecified atom stereocenters. The van der Waals surface area contributed by atoms with E-state index in [1.165, 1.54) is 6.07 Å². The normalized spacial score (nSPS) is 16.8. The van der Waals surface area contributed by atoms with Gasteiger partial charge in [-0.1, -0.05) is 12.5 Å². The van der Waals surface area contributed by atoms with Crippen molar-refractivity contribution in [2.24, 2.45) is 0 Å². The van der Waals surface area contributed by atoms with Gasteiger partial charge in [-0.05, 0) is 38.3 Å². The first-order valence-corrected chi connectivity index (χ1v) is 8.37. The van der Waals surface area contributed by atoms with Gasteiger partial charge < -0.3 is 9.64 Å². The van der Waals surface area contributed by atoms with E-state index < -0.39 is 11.4 Å². The van der Waals surface area contributed by atoms with Gasteiger partial charge in [0.05, 0.1) is 24.1 Å². The molecule has 0 atom stereocenters. The summed E-state index contributed by atoms with van der Waals surface area (Å²) in [4.78, 5) is 14.4. The SMILES string of the molecule is C#CCN1C(=C)C2(CC2)Oc2cc(F)c(-n3ncc(C)c(C)c3=O)cc21. The van der Waals surface area contributed by atoms with Crippen molar-refractivity contribution in [1.82, 2.24) is 9.78 Å². The number of terminal acetylenes is 1. The topological polar surface area (TPSA) is 47.4 Å². The summed E-state index contributed by atoms with van der Waals surface area (Å²) in [6, 6.07) is 2.84. The summed E-state index contributed by atoms with van der Waals surface area (Å²) in [6.07, 6.45) is 8.71. The number of nitrogens with zero attached hydrogens (tertiary/aromatic N) is 3. The first-order chi connectivity index (χ1) is 12.4. The summed E-state index contributed by atoms with van der Waals surface area (Å²) in [5.74, 6) is 2.44. The molecule has 2 heterocycles. The molecular formula is C20H18FN3O2. The van der Waals surface area contributed by atoms with E-state index in [4.69, 9.17) is 11.2 Å². The van der Waals surface area contributed by atoms with Gasteiger partial charge in [-0.2, -0.15) is 9.78 Å². The molecule has 0 bridgehead atoms. The highest BCUT2D eigenvalue weighted by Gasteiger charge is 2.53. The van der Waals surface area contributed by atoms with Gasteiger partial charge in [0.15, 0.2) is 5.82 Å². The number of anilines is 1. The van der Waals surface area contributed by atoms with E-state index in [0.717, 1.165) is 28.8 Å². The Labute approximate surface area is 150 Å². The lowest BCUT2D eigenvalue weighted by Crippen LogP contribution is -2.39. The maximum atomic E-state index is 14.8. The van der Waals surface area contributed by atoms with Crippen molar-refractivity contribution in [3.8, 4) is 23.8 Å². The van der Waals surface area contributed by atoms with Crippen LogP contribution in [0, 0.1) is 32.0 Å². The molecule has 0 amide bonds. The van der Waals surface area contributed by atoms with Gasteiger partial charge in [0.2, 0.25) is 0 Å². The molecule has 1 aromatic heterocycles. The fraction of sp³-hybridized carbons (Fsp3) is 0.300. The second kappa shape index (κ2) is 5.46. The first-order valence-electron chi connectivity index (χ1n) is 8.37. The van der Waals surface area contributed by atoms with Crippen LogP contribution in [0.5, 0.6) is 5.75 Å². The number of hydrogen-bond donors (Lipinski definition) is 0. The number of fused-ring (bicyclic) bond motifs is 1. The summed E-state index contributed by atoms with van der Waals surface area (Å²) in [5, 5.41) is 4.09. The smallest absolute Gasteiger partial charge is 0.274 e. The van der Waals surface area contributed by atoms with Gasteiger partial charge in [0.25, 0.3) is 5.56 Å². The summed E-state index contributed by atoms with van der Waals surface area (Å²) in [7, 11) is 0. The van der Waals surface area contributed by atoms with E-state index >= 15 is 0 Å². The Kier molecular flexibility index (Phi) is 3.45. The van der Waals surface area contributed by atoms with E-state index in [9.17, 15) is 9.18 Å². The maximum absolute atomic E-state index is 14.8. The lowest BCUT2D eigenvalue weighted by Gasteiger charge is -2.38. The Morgan fingerprint density at radius 3 is 2.77 bits per heavy atom. The largest absolute Gasteiger partial charge is 0.479 e. The molecule has 26 heavy (non-hydrogen) atoms. The van der Waals surface area contributed by atoms with E-state index in [1.54, 1.807) is 26.1 Å². The third-order valence-electron chi connectivity index (χ3n) is 5.13. The van der Waals surface area contributed by atoms with Gasteiger partial charge in [0, 0.05) is 11.6 Å². The number of aryl methyl sites for hydroxylation is 1. The molecule has 1 aliphatic carbocycles. The molecule has 1 aromatic carbocycles.